The molecule has 1 heterocycles. The number of hydrogen-bond donors (Lipinski definition) is 2. The lowest BCUT2D eigenvalue weighted by molar-refractivity contribution is 0.402. The Morgan fingerprint density at radius 1 is 1.47 bits per heavy atom. The molecule has 19 heavy (non-hydrogen) atoms. The van der Waals surface area contributed by atoms with Gasteiger partial charge in [-0.05, 0) is 18.2 Å². The third kappa shape index (κ3) is 3.22. The molecule has 3 N–H and O–H groups in total. The molecule has 8 heteroatoms. The Balaban J connectivity index is 2.26. The molecule has 1 aromatic carbocycles. The van der Waals surface area contributed by atoms with Gasteiger partial charge in [0.05, 0.1) is 24.9 Å². The fourth-order valence-corrected chi connectivity index (χ4v) is 3.23. The zero-order valence-electron chi connectivity index (χ0n) is 10.2. The Morgan fingerprint density at radius 2 is 2.26 bits per heavy atom. The molecule has 0 amide bonds. The van der Waals surface area contributed by atoms with E-state index in [1.165, 1.54) is 30.6 Å². The van der Waals surface area contributed by atoms with Crippen molar-refractivity contribution in [3.63, 3.8) is 0 Å². The van der Waals surface area contributed by atoms with Gasteiger partial charge in [-0.2, -0.15) is 0 Å². The van der Waals surface area contributed by atoms with E-state index in [0.717, 1.165) is 0 Å². The number of nitrogens with two attached hydrogens (primary N) is 1. The average molecular weight is 299 g/mol. The minimum absolute atomic E-state index is 0.0187. The van der Waals surface area contributed by atoms with Gasteiger partial charge in [-0.15, -0.1) is 11.3 Å². The highest BCUT2D eigenvalue weighted by Gasteiger charge is 2.19. The first-order chi connectivity index (χ1) is 9.03. The number of thiazole rings is 1. The Kier molecular flexibility index (Phi) is 4.03. The standard InChI is InChI=1S/C11H13N3O3S2/c1-17-10-3-2-8(12)4-11(10)19(15,16)14-5-9-6-18-7-13-9/h2-4,6-7,14H,5,12H2,1H3. The van der Waals surface area contributed by atoms with E-state index >= 15 is 0 Å². The number of ether oxygens (including phenoxy) is 1. The normalized spacial score (nSPS) is 11.4. The van der Waals surface area contributed by atoms with Gasteiger partial charge in [-0.3, -0.25) is 0 Å². The molecule has 102 valence electrons. The Bertz CT molecular complexity index is 654. The van der Waals surface area contributed by atoms with Gasteiger partial charge < -0.3 is 10.5 Å². The molecule has 0 spiro atoms. The SMILES string of the molecule is COc1ccc(N)cc1S(=O)(=O)NCc1cscn1. The largest absolute Gasteiger partial charge is 0.495 e. The van der Waals surface area contributed by atoms with E-state index in [2.05, 4.69) is 9.71 Å². The minimum Gasteiger partial charge on any atom is -0.495 e. The number of rotatable bonds is 5. The fourth-order valence-electron chi connectivity index (χ4n) is 1.47. The summed E-state index contributed by atoms with van der Waals surface area (Å²) in [4.78, 5) is 4.03. The van der Waals surface area contributed by atoms with Crippen LogP contribution in [0.3, 0.4) is 0 Å². The number of sulfonamides is 1. The van der Waals surface area contributed by atoms with Crippen LogP contribution < -0.4 is 15.2 Å². The van der Waals surface area contributed by atoms with Gasteiger partial charge in [0, 0.05) is 11.1 Å². The van der Waals surface area contributed by atoms with E-state index in [-0.39, 0.29) is 17.2 Å². The molecule has 0 unspecified atom stereocenters. The molecular formula is C11H13N3O3S2. The lowest BCUT2D eigenvalue weighted by atomic mass is 10.3. The summed E-state index contributed by atoms with van der Waals surface area (Å²) in [7, 11) is -2.28. The van der Waals surface area contributed by atoms with Crippen LogP contribution >= 0.6 is 11.3 Å². The second kappa shape index (κ2) is 5.55. The molecule has 0 aliphatic carbocycles. The Morgan fingerprint density at radius 3 is 2.89 bits per heavy atom. The van der Waals surface area contributed by atoms with Gasteiger partial charge in [0.2, 0.25) is 10.0 Å². The third-order valence-electron chi connectivity index (χ3n) is 2.40. The molecule has 0 bridgehead atoms. The maximum absolute atomic E-state index is 12.2. The van der Waals surface area contributed by atoms with Crippen LogP contribution in [-0.2, 0) is 16.6 Å². The molecule has 0 radical (unpaired) electrons. The summed E-state index contributed by atoms with van der Waals surface area (Å²) in [6, 6.07) is 4.47. The van der Waals surface area contributed by atoms with Crippen molar-refractivity contribution >= 4 is 27.0 Å². The lowest BCUT2D eigenvalue weighted by Crippen LogP contribution is -2.24. The average Bonchev–Trinajstić information content (AvgIpc) is 2.89. The Labute approximate surface area is 115 Å². The van der Waals surface area contributed by atoms with Crippen molar-refractivity contribution in [3.05, 3.63) is 34.8 Å². The van der Waals surface area contributed by atoms with E-state index in [9.17, 15) is 8.42 Å². The molecule has 1 aromatic heterocycles. The second-order valence-corrected chi connectivity index (χ2v) is 6.17. The molecular weight excluding hydrogens is 286 g/mol. The summed E-state index contributed by atoms with van der Waals surface area (Å²) in [5.41, 5.74) is 8.27. The molecule has 0 aliphatic rings. The van der Waals surface area contributed by atoms with Crippen molar-refractivity contribution in [2.45, 2.75) is 11.4 Å². The highest BCUT2D eigenvalue weighted by atomic mass is 32.2. The van der Waals surface area contributed by atoms with E-state index < -0.39 is 10.0 Å². The van der Waals surface area contributed by atoms with Crippen LogP contribution in [0.4, 0.5) is 5.69 Å². The van der Waals surface area contributed by atoms with Gasteiger partial charge in [-0.25, -0.2) is 18.1 Å². The highest BCUT2D eigenvalue weighted by molar-refractivity contribution is 7.89. The van der Waals surface area contributed by atoms with Crippen LogP contribution in [0.15, 0.2) is 34.0 Å². The Hall–Kier alpha value is -1.64. The summed E-state index contributed by atoms with van der Waals surface area (Å²) in [6.07, 6.45) is 0. The van der Waals surface area contributed by atoms with Crippen molar-refractivity contribution in [2.75, 3.05) is 12.8 Å². The van der Waals surface area contributed by atoms with E-state index in [4.69, 9.17) is 10.5 Å². The summed E-state index contributed by atoms with van der Waals surface area (Å²) >= 11 is 1.41. The van der Waals surface area contributed by atoms with E-state index in [1.807, 2.05) is 0 Å². The molecule has 6 nitrogen and oxygen atoms in total. The number of nitrogen functional groups attached to an aromatic ring is 1. The first kappa shape index (κ1) is 13.8. The number of benzene rings is 1. The van der Waals surface area contributed by atoms with Gasteiger partial charge in [0.15, 0.2) is 0 Å². The molecule has 0 atom stereocenters. The summed E-state index contributed by atoms with van der Waals surface area (Å²) in [5, 5.41) is 1.78. The number of anilines is 1. The molecule has 0 saturated carbocycles. The zero-order chi connectivity index (χ0) is 13.9. The van der Waals surface area contributed by atoms with Crippen LogP contribution in [-0.4, -0.2) is 20.5 Å². The van der Waals surface area contributed by atoms with Gasteiger partial charge in [-0.1, -0.05) is 0 Å². The predicted molar refractivity (Wildman–Crippen MR) is 73.5 cm³/mol. The molecule has 0 saturated heterocycles. The number of aromatic nitrogens is 1. The second-order valence-electron chi connectivity index (χ2n) is 3.71. The van der Waals surface area contributed by atoms with Crippen molar-refractivity contribution in [2.24, 2.45) is 0 Å². The van der Waals surface area contributed by atoms with Gasteiger partial charge >= 0.3 is 0 Å². The number of hydrogen-bond acceptors (Lipinski definition) is 6. The fraction of sp³-hybridized carbons (Fsp3) is 0.182. The van der Waals surface area contributed by atoms with Crippen LogP contribution in [0.5, 0.6) is 5.75 Å². The summed E-state index contributed by atoms with van der Waals surface area (Å²) < 4.78 is 31.9. The van der Waals surface area contributed by atoms with Crippen LogP contribution in [0.2, 0.25) is 0 Å². The van der Waals surface area contributed by atoms with Crippen LogP contribution in [0, 0.1) is 0 Å². The number of methoxy groups -OCH3 is 1. The zero-order valence-corrected chi connectivity index (χ0v) is 11.8. The van der Waals surface area contributed by atoms with Crippen molar-refractivity contribution in [1.29, 1.82) is 0 Å². The van der Waals surface area contributed by atoms with Crippen LogP contribution in [0.1, 0.15) is 5.69 Å². The van der Waals surface area contributed by atoms with Gasteiger partial charge in [0.25, 0.3) is 0 Å². The van der Waals surface area contributed by atoms with Crippen molar-refractivity contribution < 1.29 is 13.2 Å². The first-order valence-corrected chi connectivity index (χ1v) is 7.76. The number of nitrogens with one attached hydrogen (secondary N) is 1. The third-order valence-corrected chi connectivity index (χ3v) is 4.46. The maximum atomic E-state index is 12.2. The monoisotopic (exact) mass is 299 g/mol. The summed E-state index contributed by atoms with van der Waals surface area (Å²) in [6.45, 7) is 0.129. The predicted octanol–water partition coefficient (Wildman–Crippen LogP) is 1.21. The molecule has 0 aliphatic heterocycles. The van der Waals surface area contributed by atoms with Crippen LogP contribution in [0.25, 0.3) is 0 Å². The van der Waals surface area contributed by atoms with Crippen molar-refractivity contribution in [3.8, 4) is 5.75 Å². The quantitative estimate of drug-likeness (QED) is 0.809. The van der Waals surface area contributed by atoms with E-state index in [1.54, 1.807) is 17.0 Å². The number of nitrogens with zero attached hydrogens (tertiary/aromatic N) is 1. The molecule has 2 aromatic rings. The van der Waals surface area contributed by atoms with Gasteiger partial charge in [0.1, 0.15) is 10.6 Å². The topological polar surface area (TPSA) is 94.3 Å². The van der Waals surface area contributed by atoms with Crippen molar-refractivity contribution in [1.82, 2.24) is 9.71 Å². The molecule has 2 rings (SSSR count). The molecule has 0 fully saturated rings. The summed E-state index contributed by atoms with van der Waals surface area (Å²) in [5.74, 6) is 0.250. The van der Waals surface area contributed by atoms with E-state index in [0.29, 0.717) is 11.4 Å². The highest BCUT2D eigenvalue weighted by Crippen LogP contribution is 2.25. The minimum atomic E-state index is -3.69. The maximum Gasteiger partial charge on any atom is 0.244 e. The lowest BCUT2D eigenvalue weighted by Gasteiger charge is -2.10. The first-order valence-electron chi connectivity index (χ1n) is 5.33. The smallest absolute Gasteiger partial charge is 0.244 e.